The molecule has 2 fully saturated rings. The van der Waals surface area contributed by atoms with Gasteiger partial charge in [-0.2, -0.15) is 4.31 Å². The average Bonchev–Trinajstić information content (AvgIpc) is 3.79. The summed E-state index contributed by atoms with van der Waals surface area (Å²) in [5, 5.41) is 17.4. The first-order valence-corrected chi connectivity index (χ1v) is 18.9. The highest BCUT2D eigenvalue weighted by atomic mass is 32.2. The summed E-state index contributed by atoms with van der Waals surface area (Å²) < 4.78 is 57.1. The largest absolute Gasteiger partial charge is 0.487 e. The molecular weight excluding hydrogens is 687 g/mol. The third-order valence-corrected chi connectivity index (χ3v) is 11.1. The first kappa shape index (κ1) is 37.7. The van der Waals surface area contributed by atoms with Gasteiger partial charge in [0.1, 0.15) is 24.2 Å². The van der Waals surface area contributed by atoms with Crippen molar-refractivity contribution in [2.75, 3.05) is 26.3 Å². The molecule has 15 heteroatoms. The van der Waals surface area contributed by atoms with Gasteiger partial charge in [0.15, 0.2) is 6.29 Å². The maximum absolute atomic E-state index is 14.0. The van der Waals surface area contributed by atoms with Crippen molar-refractivity contribution in [1.82, 2.24) is 14.6 Å². The van der Waals surface area contributed by atoms with Gasteiger partial charge in [0.05, 0.1) is 46.9 Å². The molecule has 0 bridgehead atoms. The van der Waals surface area contributed by atoms with Crippen LogP contribution in [-0.4, -0.2) is 85.7 Å². The van der Waals surface area contributed by atoms with Crippen LogP contribution in [0.5, 0.6) is 11.5 Å². The van der Waals surface area contributed by atoms with Gasteiger partial charge in [-0.15, -0.1) is 11.3 Å². The number of hydrogen-bond donors (Lipinski definition) is 2. The van der Waals surface area contributed by atoms with Gasteiger partial charge < -0.3 is 34.1 Å². The summed E-state index contributed by atoms with van der Waals surface area (Å²) in [6, 6.07) is 10.6. The second-order valence-electron chi connectivity index (χ2n) is 13.0. The number of sulfonamides is 1. The Hall–Kier alpha value is -3.60. The summed E-state index contributed by atoms with van der Waals surface area (Å²) in [4.78, 5) is 29.1. The van der Waals surface area contributed by atoms with Crippen molar-refractivity contribution in [3.8, 4) is 11.5 Å². The van der Waals surface area contributed by atoms with Crippen molar-refractivity contribution in [3.63, 3.8) is 0 Å². The van der Waals surface area contributed by atoms with E-state index in [1.807, 2.05) is 38.3 Å². The van der Waals surface area contributed by atoms with Crippen molar-refractivity contribution in [1.29, 1.82) is 0 Å². The van der Waals surface area contributed by atoms with Gasteiger partial charge in [-0.1, -0.05) is 26.0 Å². The summed E-state index contributed by atoms with van der Waals surface area (Å²) in [5.41, 5.74) is 2.07. The number of nitrogens with zero attached hydrogens (tertiary/aromatic N) is 2. The average molecular weight is 732 g/mol. The summed E-state index contributed by atoms with van der Waals surface area (Å²) >= 11 is 1.55. The normalized spacial score (nSPS) is 20.0. The number of carbonyl (C=O) groups is 2. The highest BCUT2D eigenvalue weighted by Crippen LogP contribution is 2.33. The van der Waals surface area contributed by atoms with E-state index in [1.54, 1.807) is 30.4 Å². The lowest BCUT2D eigenvalue weighted by Gasteiger charge is -2.31. The van der Waals surface area contributed by atoms with E-state index in [-0.39, 0.29) is 48.6 Å². The first-order valence-electron chi connectivity index (χ1n) is 16.6. The predicted octanol–water partition coefficient (Wildman–Crippen LogP) is 4.37. The fraction of sp³-hybridized carbons (Fsp3) is 0.514. The van der Waals surface area contributed by atoms with Gasteiger partial charge in [-0.25, -0.2) is 18.2 Å². The van der Waals surface area contributed by atoms with Crippen LogP contribution in [0.4, 0.5) is 4.79 Å². The molecule has 0 spiro atoms. The number of thiazole rings is 1. The van der Waals surface area contributed by atoms with Gasteiger partial charge in [0.25, 0.3) is 0 Å². The zero-order chi connectivity index (χ0) is 36.0. The summed E-state index contributed by atoms with van der Waals surface area (Å²) in [7, 11) is -4.12. The molecule has 2 aliphatic heterocycles. The predicted molar refractivity (Wildman–Crippen MR) is 184 cm³/mol. The van der Waals surface area contributed by atoms with Crippen LogP contribution in [0.3, 0.4) is 0 Å². The molecule has 2 saturated heterocycles. The number of carbonyl (C=O) groups excluding carboxylic acids is 2. The Morgan fingerprint density at radius 2 is 1.88 bits per heavy atom. The number of fused-ring (bicyclic) bond motifs is 1. The fourth-order valence-electron chi connectivity index (χ4n) is 5.98. The van der Waals surface area contributed by atoms with Crippen LogP contribution in [0.15, 0.2) is 52.7 Å². The number of alkyl carbamates (subject to hydrolysis) is 1. The van der Waals surface area contributed by atoms with Crippen molar-refractivity contribution >= 4 is 33.4 Å². The zero-order valence-electron chi connectivity index (χ0n) is 28.9. The summed E-state index contributed by atoms with van der Waals surface area (Å²) in [5.74, 6) is 0.205. The van der Waals surface area contributed by atoms with E-state index < -0.39 is 46.6 Å². The molecule has 0 saturated carbocycles. The molecule has 2 aliphatic rings. The number of aromatic nitrogens is 1. The van der Waals surface area contributed by atoms with Crippen LogP contribution in [0.2, 0.25) is 0 Å². The minimum absolute atomic E-state index is 0.0133. The molecular formula is C35H45N3O10S2. The lowest BCUT2D eigenvalue weighted by atomic mass is 10.0. The lowest BCUT2D eigenvalue weighted by molar-refractivity contribution is -0.131. The molecule has 13 nitrogen and oxygen atoms in total. The quantitative estimate of drug-likeness (QED) is 0.169. The summed E-state index contributed by atoms with van der Waals surface area (Å²) in [6.45, 7) is 9.44. The van der Waals surface area contributed by atoms with Crippen molar-refractivity contribution < 1.29 is 46.8 Å². The SMILES string of the molecule is CC(=O)Oc1ccc(S(=O)(=O)N(CC(C)C)CC(O)C(Cc2ccc(OCc3csc(C)n3)cc2)NC(=O)OC2COC3OCCC23)cc1C. The highest BCUT2D eigenvalue weighted by molar-refractivity contribution is 7.89. The number of aliphatic hydroxyl groups is 1. The van der Waals surface area contributed by atoms with E-state index in [0.717, 1.165) is 16.3 Å². The molecule has 0 aliphatic carbocycles. The lowest BCUT2D eigenvalue weighted by Crippen LogP contribution is -2.51. The van der Waals surface area contributed by atoms with Gasteiger partial charge >= 0.3 is 12.1 Å². The number of benzene rings is 2. The third-order valence-electron chi connectivity index (χ3n) is 8.44. The van der Waals surface area contributed by atoms with Crippen LogP contribution in [-0.2, 0) is 42.1 Å². The number of aryl methyl sites for hydroxylation is 2. The molecule has 3 aromatic rings. The van der Waals surface area contributed by atoms with E-state index in [1.165, 1.54) is 29.4 Å². The molecule has 0 radical (unpaired) electrons. The highest BCUT2D eigenvalue weighted by Gasteiger charge is 2.44. The molecule has 1 aromatic heterocycles. The van der Waals surface area contributed by atoms with E-state index >= 15 is 0 Å². The molecule has 2 aromatic carbocycles. The standard InChI is InChI=1S/C35H45N3O10S2/c1-21(2)16-38(50(42,43)28-10-11-32(22(3)14-28)47-24(5)39)17-31(40)30(37-35(41)48-33-19-46-34-29(33)12-13-44-34)15-25-6-8-27(9-7-25)45-18-26-20-49-23(4)36-26/h6-11,14,20-21,29-31,33-34,40H,12-13,15-19H2,1-5H3,(H,37,41). The Kier molecular flexibility index (Phi) is 12.5. The van der Waals surface area contributed by atoms with Gasteiger partial charge in [-0.05, 0) is 74.1 Å². The molecule has 5 rings (SSSR count). The monoisotopic (exact) mass is 731 g/mol. The Morgan fingerprint density at radius 3 is 2.54 bits per heavy atom. The smallest absolute Gasteiger partial charge is 0.407 e. The van der Waals surface area contributed by atoms with Crippen molar-refractivity contribution in [2.24, 2.45) is 11.8 Å². The Morgan fingerprint density at radius 1 is 1.12 bits per heavy atom. The second kappa shape index (κ2) is 16.6. The summed E-state index contributed by atoms with van der Waals surface area (Å²) in [6.07, 6.45) is -2.11. The van der Waals surface area contributed by atoms with Crippen LogP contribution in [0.1, 0.15) is 49.0 Å². The number of esters is 1. The van der Waals surface area contributed by atoms with E-state index in [0.29, 0.717) is 30.9 Å². The molecule has 5 atom stereocenters. The number of ether oxygens (including phenoxy) is 5. The molecule has 272 valence electrons. The number of amides is 1. The van der Waals surface area contributed by atoms with E-state index in [4.69, 9.17) is 23.7 Å². The zero-order valence-corrected chi connectivity index (χ0v) is 30.5. The van der Waals surface area contributed by atoms with E-state index in [9.17, 15) is 23.1 Å². The van der Waals surface area contributed by atoms with E-state index in [2.05, 4.69) is 10.3 Å². The number of hydrogen-bond acceptors (Lipinski definition) is 12. The van der Waals surface area contributed by atoms with Gasteiger partial charge in [-0.3, -0.25) is 4.79 Å². The van der Waals surface area contributed by atoms with Crippen LogP contribution in [0, 0.1) is 25.7 Å². The molecule has 2 N–H and O–H groups in total. The number of rotatable bonds is 15. The van der Waals surface area contributed by atoms with Gasteiger partial charge in [0.2, 0.25) is 10.0 Å². The second-order valence-corrected chi connectivity index (χ2v) is 16.0. The Bertz CT molecular complexity index is 1730. The molecule has 50 heavy (non-hydrogen) atoms. The topological polar surface area (TPSA) is 163 Å². The maximum atomic E-state index is 14.0. The Labute approximate surface area is 296 Å². The molecule has 1 amide bonds. The maximum Gasteiger partial charge on any atom is 0.407 e. The number of aliphatic hydroxyl groups excluding tert-OH is 1. The third kappa shape index (κ3) is 9.80. The molecule has 5 unspecified atom stereocenters. The van der Waals surface area contributed by atoms with Crippen molar-refractivity contribution in [2.45, 2.75) is 83.5 Å². The van der Waals surface area contributed by atoms with Gasteiger partial charge in [0, 0.05) is 25.4 Å². The first-order chi connectivity index (χ1) is 23.8. The fourth-order valence-corrected chi connectivity index (χ4v) is 8.28. The minimum atomic E-state index is -4.12. The Balaban J connectivity index is 1.33. The number of nitrogens with one attached hydrogen (secondary N) is 1. The minimum Gasteiger partial charge on any atom is -0.487 e. The molecule has 3 heterocycles. The van der Waals surface area contributed by atoms with Crippen LogP contribution >= 0.6 is 11.3 Å². The van der Waals surface area contributed by atoms with Crippen LogP contribution in [0.25, 0.3) is 0 Å². The van der Waals surface area contributed by atoms with Crippen molar-refractivity contribution in [3.05, 3.63) is 69.7 Å². The van der Waals surface area contributed by atoms with Crippen LogP contribution < -0.4 is 14.8 Å².